The molecule has 0 saturated carbocycles. The Bertz CT molecular complexity index is 822. The number of ether oxygens (including phenoxy) is 1. The average molecular weight is 402 g/mol. The molecule has 1 aromatic heterocycles. The second-order valence-electron chi connectivity index (χ2n) is 8.76. The third kappa shape index (κ3) is 4.50. The van der Waals surface area contributed by atoms with E-state index in [0.29, 0.717) is 43.2 Å². The van der Waals surface area contributed by atoms with E-state index in [-0.39, 0.29) is 29.6 Å². The molecule has 29 heavy (non-hydrogen) atoms. The molecule has 1 saturated heterocycles. The fraction of sp³-hybridized carbons (Fsp3) is 0.636. The molecule has 0 bridgehead atoms. The predicted molar refractivity (Wildman–Crippen MR) is 110 cm³/mol. The third-order valence-corrected chi connectivity index (χ3v) is 5.94. The number of epoxide rings is 1. The van der Waals surface area contributed by atoms with Crippen LogP contribution in [0.5, 0.6) is 0 Å². The lowest BCUT2D eigenvalue weighted by molar-refractivity contribution is -0.123. The van der Waals surface area contributed by atoms with Gasteiger partial charge < -0.3 is 9.64 Å². The van der Waals surface area contributed by atoms with Crippen LogP contribution in [0, 0.1) is 11.8 Å². The van der Waals surface area contributed by atoms with Gasteiger partial charge in [-0.1, -0.05) is 27.7 Å². The number of aromatic nitrogens is 1. The number of hydrogen-bond donors (Lipinski definition) is 1. The molecule has 2 aliphatic rings. The molecule has 2 amide bonds. The summed E-state index contributed by atoms with van der Waals surface area (Å²) >= 11 is 0. The molecule has 3 heterocycles. The summed E-state index contributed by atoms with van der Waals surface area (Å²) in [6, 6.07) is 1.68. The molecule has 0 spiro atoms. The van der Waals surface area contributed by atoms with Crippen LogP contribution < -0.4 is 5.32 Å². The van der Waals surface area contributed by atoms with Crippen LogP contribution in [0.2, 0.25) is 0 Å². The van der Waals surface area contributed by atoms with Crippen LogP contribution in [-0.2, 0) is 16.1 Å². The number of carbonyl (C=O) groups is 3. The minimum atomic E-state index is -0.738. The number of nitrogens with zero attached hydrogens (tertiary/aromatic N) is 2. The highest BCUT2D eigenvalue weighted by atomic mass is 16.6. The molecule has 3 unspecified atom stereocenters. The van der Waals surface area contributed by atoms with Gasteiger partial charge in [-0.05, 0) is 31.7 Å². The first-order valence-corrected chi connectivity index (χ1v) is 10.5. The topological polar surface area (TPSA) is 91.9 Å². The average Bonchev–Trinajstić information content (AvgIpc) is 3.35. The number of carbonyl (C=O) groups excluding carboxylic acids is 3. The second kappa shape index (κ2) is 8.22. The van der Waals surface area contributed by atoms with Crippen LogP contribution in [0.4, 0.5) is 10.6 Å². The van der Waals surface area contributed by atoms with Gasteiger partial charge in [0.2, 0.25) is 0 Å². The number of fused-ring (bicyclic) bond motifs is 1. The first-order chi connectivity index (χ1) is 13.7. The second-order valence-corrected chi connectivity index (χ2v) is 8.76. The van der Waals surface area contributed by atoms with Crippen LogP contribution >= 0.6 is 0 Å². The number of amides is 2. The van der Waals surface area contributed by atoms with Gasteiger partial charge in [-0.3, -0.25) is 14.9 Å². The van der Waals surface area contributed by atoms with E-state index in [4.69, 9.17) is 4.74 Å². The number of Topliss-reactive ketones (excluding diaryl/α,β-unsaturated/α-hetero) is 2. The Morgan fingerprint density at radius 3 is 2.76 bits per heavy atom. The van der Waals surface area contributed by atoms with Gasteiger partial charge in [0.1, 0.15) is 11.4 Å². The van der Waals surface area contributed by atoms with Crippen LogP contribution in [-0.4, -0.2) is 45.7 Å². The van der Waals surface area contributed by atoms with Crippen molar-refractivity contribution in [1.82, 2.24) is 9.88 Å². The van der Waals surface area contributed by atoms with E-state index in [1.807, 2.05) is 19.9 Å². The standard InChI is InChI=1S/C22H31N3O4/c1-6-17(26)22(5)18(29-22)9-14(4)19(27)15-10-16-12-25(8-7-13(2)3)21(28)24-20(16)23-11-15/h10-11,13-14,18H,6-9,12H2,1-5H3,(H,23,24,28). The van der Waals surface area contributed by atoms with Crippen LogP contribution in [0.3, 0.4) is 0 Å². The maximum absolute atomic E-state index is 12.9. The van der Waals surface area contributed by atoms with Crippen molar-refractivity contribution in [1.29, 1.82) is 0 Å². The van der Waals surface area contributed by atoms with Crippen LogP contribution in [0.1, 0.15) is 69.8 Å². The van der Waals surface area contributed by atoms with Gasteiger partial charge in [-0.15, -0.1) is 0 Å². The lowest BCUT2D eigenvalue weighted by Crippen LogP contribution is -2.40. The number of nitrogens with one attached hydrogen (secondary N) is 1. The van der Waals surface area contributed by atoms with Crippen molar-refractivity contribution >= 4 is 23.4 Å². The van der Waals surface area contributed by atoms with Crippen molar-refractivity contribution in [2.24, 2.45) is 11.8 Å². The molecule has 158 valence electrons. The van der Waals surface area contributed by atoms with Crippen molar-refractivity contribution < 1.29 is 19.1 Å². The predicted octanol–water partition coefficient (Wildman–Crippen LogP) is 3.82. The summed E-state index contributed by atoms with van der Waals surface area (Å²) in [5.41, 5.74) is 0.638. The van der Waals surface area contributed by atoms with Gasteiger partial charge in [0, 0.05) is 36.2 Å². The Morgan fingerprint density at radius 1 is 1.38 bits per heavy atom. The summed E-state index contributed by atoms with van der Waals surface area (Å²) in [6.45, 7) is 10.8. The number of urea groups is 1. The largest absolute Gasteiger partial charge is 0.358 e. The summed E-state index contributed by atoms with van der Waals surface area (Å²) in [4.78, 5) is 43.2. The molecule has 7 nitrogen and oxygen atoms in total. The molecule has 2 aliphatic heterocycles. The fourth-order valence-corrected chi connectivity index (χ4v) is 3.77. The molecule has 3 rings (SSSR count). The van der Waals surface area contributed by atoms with Gasteiger partial charge in [0.15, 0.2) is 11.6 Å². The molecule has 3 atom stereocenters. The maximum Gasteiger partial charge on any atom is 0.323 e. The zero-order chi connectivity index (χ0) is 21.3. The normalized spacial score (nSPS) is 24.1. The van der Waals surface area contributed by atoms with Crippen molar-refractivity contribution in [3.05, 3.63) is 23.4 Å². The highest BCUT2D eigenvalue weighted by Gasteiger charge is 2.57. The zero-order valence-electron chi connectivity index (χ0n) is 17.9. The Balaban J connectivity index is 1.66. The Morgan fingerprint density at radius 2 is 2.10 bits per heavy atom. The van der Waals surface area contributed by atoms with Crippen LogP contribution in [0.25, 0.3) is 0 Å². The van der Waals surface area contributed by atoms with Gasteiger partial charge in [0.05, 0.1) is 12.6 Å². The number of pyridine rings is 1. The molecule has 1 fully saturated rings. The van der Waals surface area contributed by atoms with E-state index >= 15 is 0 Å². The first-order valence-electron chi connectivity index (χ1n) is 10.5. The Hall–Kier alpha value is -2.28. The van der Waals surface area contributed by atoms with Gasteiger partial charge in [0.25, 0.3) is 0 Å². The van der Waals surface area contributed by atoms with Gasteiger partial charge >= 0.3 is 6.03 Å². The van der Waals surface area contributed by atoms with E-state index in [1.54, 1.807) is 11.8 Å². The van der Waals surface area contributed by atoms with Gasteiger partial charge in [-0.2, -0.15) is 0 Å². The highest BCUT2D eigenvalue weighted by molar-refractivity contribution is 5.99. The minimum Gasteiger partial charge on any atom is -0.358 e. The van der Waals surface area contributed by atoms with Crippen molar-refractivity contribution in [3.63, 3.8) is 0 Å². The molecule has 0 aliphatic carbocycles. The van der Waals surface area contributed by atoms with Crippen molar-refractivity contribution in [2.45, 2.75) is 72.1 Å². The van der Waals surface area contributed by atoms with E-state index in [1.165, 1.54) is 6.20 Å². The van der Waals surface area contributed by atoms with E-state index < -0.39 is 5.60 Å². The molecular formula is C22H31N3O4. The summed E-state index contributed by atoms with van der Waals surface area (Å²) in [6.07, 6.45) is 3.18. The maximum atomic E-state index is 12.9. The Kier molecular flexibility index (Phi) is 6.08. The van der Waals surface area contributed by atoms with E-state index in [9.17, 15) is 14.4 Å². The van der Waals surface area contributed by atoms with Crippen molar-refractivity contribution in [3.8, 4) is 0 Å². The zero-order valence-corrected chi connectivity index (χ0v) is 17.9. The number of ketones is 2. The molecular weight excluding hydrogens is 370 g/mol. The van der Waals surface area contributed by atoms with Crippen molar-refractivity contribution in [2.75, 3.05) is 11.9 Å². The number of rotatable bonds is 9. The monoisotopic (exact) mass is 401 g/mol. The smallest absolute Gasteiger partial charge is 0.323 e. The fourth-order valence-electron chi connectivity index (χ4n) is 3.77. The Labute approximate surface area is 172 Å². The first kappa shape index (κ1) is 21.4. The highest BCUT2D eigenvalue weighted by Crippen LogP contribution is 2.42. The summed E-state index contributed by atoms with van der Waals surface area (Å²) in [5, 5.41) is 2.81. The lowest BCUT2D eigenvalue weighted by atomic mass is 9.90. The molecule has 0 aromatic carbocycles. The quantitative estimate of drug-likeness (QED) is 0.502. The van der Waals surface area contributed by atoms with Crippen LogP contribution in [0.15, 0.2) is 12.3 Å². The summed E-state index contributed by atoms with van der Waals surface area (Å²) in [5.74, 6) is 0.807. The SMILES string of the molecule is CCC(=O)C1(C)OC1CC(C)C(=O)c1cnc2c(c1)CN(CCC(C)C)C(=O)N2. The summed E-state index contributed by atoms with van der Waals surface area (Å²) < 4.78 is 5.60. The third-order valence-electron chi connectivity index (χ3n) is 5.94. The van der Waals surface area contributed by atoms with E-state index in [0.717, 1.165) is 12.0 Å². The van der Waals surface area contributed by atoms with E-state index in [2.05, 4.69) is 24.1 Å². The number of hydrogen-bond acceptors (Lipinski definition) is 5. The molecule has 1 aromatic rings. The number of anilines is 1. The minimum absolute atomic E-state index is 0.0206. The van der Waals surface area contributed by atoms with Gasteiger partial charge in [-0.25, -0.2) is 9.78 Å². The lowest BCUT2D eigenvalue weighted by Gasteiger charge is -2.29. The molecule has 0 radical (unpaired) electrons. The molecule has 1 N–H and O–H groups in total. The molecule has 7 heteroatoms. The summed E-state index contributed by atoms with van der Waals surface area (Å²) in [7, 11) is 0.